The van der Waals surface area contributed by atoms with Crippen LogP contribution in [0.3, 0.4) is 0 Å². The number of aliphatic hydroxyl groups is 1. The standard InChI is InChI=1S/C11H16N4O/c1-3-14-8-7-12-11(14)10(16)9-5-6-13-15(9)4-2/h5-8,10,16H,3-4H2,1-2H3. The zero-order chi connectivity index (χ0) is 11.5. The van der Waals surface area contributed by atoms with Crippen molar-refractivity contribution in [3.8, 4) is 0 Å². The summed E-state index contributed by atoms with van der Waals surface area (Å²) in [6.07, 6.45) is 4.55. The fraction of sp³-hybridized carbons (Fsp3) is 0.455. The van der Waals surface area contributed by atoms with Crippen LogP contribution in [0.2, 0.25) is 0 Å². The first-order chi connectivity index (χ1) is 7.77. The van der Waals surface area contributed by atoms with E-state index in [0.717, 1.165) is 18.8 Å². The summed E-state index contributed by atoms with van der Waals surface area (Å²) in [4.78, 5) is 4.19. The Labute approximate surface area is 94.4 Å². The van der Waals surface area contributed by atoms with E-state index in [4.69, 9.17) is 0 Å². The number of nitrogens with zero attached hydrogens (tertiary/aromatic N) is 4. The molecule has 0 spiro atoms. The minimum atomic E-state index is -0.711. The fourth-order valence-electron chi connectivity index (χ4n) is 1.81. The highest BCUT2D eigenvalue weighted by Crippen LogP contribution is 2.19. The summed E-state index contributed by atoms with van der Waals surface area (Å²) < 4.78 is 3.71. The smallest absolute Gasteiger partial charge is 0.153 e. The van der Waals surface area contributed by atoms with Gasteiger partial charge in [-0.05, 0) is 19.9 Å². The fourth-order valence-corrected chi connectivity index (χ4v) is 1.81. The Morgan fingerprint density at radius 1 is 1.31 bits per heavy atom. The molecular weight excluding hydrogens is 204 g/mol. The molecule has 0 aliphatic rings. The van der Waals surface area contributed by atoms with Crippen LogP contribution in [0.1, 0.15) is 31.5 Å². The molecule has 16 heavy (non-hydrogen) atoms. The number of aryl methyl sites for hydroxylation is 2. The second-order valence-corrected chi connectivity index (χ2v) is 3.55. The summed E-state index contributed by atoms with van der Waals surface area (Å²) >= 11 is 0. The van der Waals surface area contributed by atoms with Gasteiger partial charge >= 0.3 is 0 Å². The molecule has 0 saturated heterocycles. The third kappa shape index (κ3) is 1.74. The van der Waals surface area contributed by atoms with Crippen LogP contribution < -0.4 is 0 Å². The molecule has 1 N–H and O–H groups in total. The molecule has 2 aromatic rings. The van der Waals surface area contributed by atoms with Gasteiger partial charge in [0.1, 0.15) is 5.82 Å². The Bertz CT molecular complexity index is 418. The van der Waals surface area contributed by atoms with Gasteiger partial charge in [-0.15, -0.1) is 0 Å². The van der Waals surface area contributed by atoms with Gasteiger partial charge in [0.05, 0.1) is 5.69 Å². The highest BCUT2D eigenvalue weighted by Gasteiger charge is 2.18. The van der Waals surface area contributed by atoms with E-state index in [1.165, 1.54) is 0 Å². The molecule has 1 unspecified atom stereocenters. The largest absolute Gasteiger partial charge is 0.379 e. The molecule has 0 saturated carbocycles. The maximum absolute atomic E-state index is 10.2. The second-order valence-electron chi connectivity index (χ2n) is 3.55. The first-order valence-electron chi connectivity index (χ1n) is 5.48. The highest BCUT2D eigenvalue weighted by atomic mass is 16.3. The first kappa shape index (κ1) is 10.9. The number of hydrogen-bond acceptors (Lipinski definition) is 3. The molecule has 0 amide bonds. The second kappa shape index (κ2) is 4.49. The molecular formula is C11H16N4O. The predicted octanol–water partition coefficient (Wildman–Crippen LogP) is 1.20. The van der Waals surface area contributed by atoms with Crippen molar-refractivity contribution < 1.29 is 5.11 Å². The van der Waals surface area contributed by atoms with E-state index in [9.17, 15) is 5.11 Å². The van der Waals surface area contributed by atoms with E-state index in [0.29, 0.717) is 5.82 Å². The summed E-state index contributed by atoms with van der Waals surface area (Å²) in [5.74, 6) is 0.665. The third-order valence-electron chi connectivity index (χ3n) is 2.66. The summed E-state index contributed by atoms with van der Waals surface area (Å²) in [6.45, 7) is 5.56. The molecule has 0 aromatic carbocycles. The third-order valence-corrected chi connectivity index (χ3v) is 2.66. The number of imidazole rings is 1. The van der Waals surface area contributed by atoms with Crippen LogP contribution in [-0.2, 0) is 13.1 Å². The molecule has 2 aromatic heterocycles. The predicted molar refractivity (Wildman–Crippen MR) is 59.9 cm³/mol. The van der Waals surface area contributed by atoms with Gasteiger partial charge in [0.2, 0.25) is 0 Å². The van der Waals surface area contributed by atoms with E-state index in [2.05, 4.69) is 10.1 Å². The lowest BCUT2D eigenvalue weighted by molar-refractivity contribution is 0.193. The van der Waals surface area contributed by atoms with Gasteiger partial charge in [-0.3, -0.25) is 4.68 Å². The van der Waals surface area contributed by atoms with Crippen LogP contribution in [0.4, 0.5) is 0 Å². The van der Waals surface area contributed by atoms with Crippen molar-refractivity contribution in [2.45, 2.75) is 33.0 Å². The molecule has 0 fully saturated rings. The van der Waals surface area contributed by atoms with Gasteiger partial charge < -0.3 is 9.67 Å². The van der Waals surface area contributed by atoms with Gasteiger partial charge in [-0.25, -0.2) is 4.98 Å². The summed E-state index contributed by atoms with van der Waals surface area (Å²) in [7, 11) is 0. The van der Waals surface area contributed by atoms with Crippen molar-refractivity contribution in [3.05, 3.63) is 36.2 Å². The zero-order valence-corrected chi connectivity index (χ0v) is 9.54. The van der Waals surface area contributed by atoms with Gasteiger partial charge in [0.15, 0.2) is 6.10 Å². The van der Waals surface area contributed by atoms with Crippen molar-refractivity contribution >= 4 is 0 Å². The van der Waals surface area contributed by atoms with Crippen LogP contribution in [0, 0.1) is 0 Å². The Kier molecular flexibility index (Phi) is 3.05. The maximum Gasteiger partial charge on any atom is 0.153 e. The summed E-state index contributed by atoms with van der Waals surface area (Å²) in [5, 5.41) is 14.4. The minimum absolute atomic E-state index is 0.665. The van der Waals surface area contributed by atoms with Gasteiger partial charge in [-0.2, -0.15) is 5.10 Å². The molecule has 0 aliphatic carbocycles. The van der Waals surface area contributed by atoms with Crippen LogP contribution in [0.15, 0.2) is 24.7 Å². The molecule has 5 nitrogen and oxygen atoms in total. The zero-order valence-electron chi connectivity index (χ0n) is 9.54. The summed E-state index contributed by atoms with van der Waals surface area (Å²) in [6, 6.07) is 1.82. The SMILES string of the molecule is CCn1ccnc1C(O)c1ccnn1CC. The van der Waals surface area contributed by atoms with Crippen LogP contribution in [0.25, 0.3) is 0 Å². The first-order valence-corrected chi connectivity index (χ1v) is 5.48. The summed E-state index contributed by atoms with van der Waals surface area (Å²) in [5.41, 5.74) is 0.781. The number of aromatic nitrogens is 4. The highest BCUT2D eigenvalue weighted by molar-refractivity contribution is 5.14. The van der Waals surface area contributed by atoms with Crippen molar-refractivity contribution in [3.63, 3.8) is 0 Å². The molecule has 2 rings (SSSR count). The normalized spacial score (nSPS) is 12.9. The molecule has 0 radical (unpaired) electrons. The van der Waals surface area contributed by atoms with Crippen molar-refractivity contribution in [1.29, 1.82) is 0 Å². The molecule has 1 atom stereocenters. The van der Waals surface area contributed by atoms with E-state index >= 15 is 0 Å². The molecule has 86 valence electrons. The average Bonchev–Trinajstić information content (AvgIpc) is 2.96. The van der Waals surface area contributed by atoms with E-state index < -0.39 is 6.10 Å². The number of aliphatic hydroxyl groups excluding tert-OH is 1. The molecule has 0 bridgehead atoms. The molecule has 0 aliphatic heterocycles. The van der Waals surface area contributed by atoms with Crippen molar-refractivity contribution in [2.24, 2.45) is 0 Å². The lowest BCUT2D eigenvalue weighted by Gasteiger charge is -2.13. The Balaban J connectivity index is 2.35. The van der Waals surface area contributed by atoms with Crippen LogP contribution in [-0.4, -0.2) is 24.4 Å². The Hall–Kier alpha value is -1.62. The Morgan fingerprint density at radius 2 is 2.12 bits per heavy atom. The van der Waals surface area contributed by atoms with E-state index in [1.54, 1.807) is 17.1 Å². The van der Waals surface area contributed by atoms with Gasteiger partial charge in [-0.1, -0.05) is 0 Å². The van der Waals surface area contributed by atoms with Crippen LogP contribution in [0.5, 0.6) is 0 Å². The Morgan fingerprint density at radius 3 is 2.81 bits per heavy atom. The topological polar surface area (TPSA) is 55.9 Å². The lowest BCUT2D eigenvalue weighted by Crippen LogP contribution is -2.13. The van der Waals surface area contributed by atoms with Gasteiger partial charge in [0, 0.05) is 31.7 Å². The van der Waals surface area contributed by atoms with Crippen molar-refractivity contribution in [2.75, 3.05) is 0 Å². The minimum Gasteiger partial charge on any atom is -0.379 e. The van der Waals surface area contributed by atoms with Crippen molar-refractivity contribution in [1.82, 2.24) is 19.3 Å². The molecule has 5 heteroatoms. The quantitative estimate of drug-likeness (QED) is 0.842. The van der Waals surface area contributed by atoms with E-state index in [1.807, 2.05) is 30.7 Å². The van der Waals surface area contributed by atoms with Crippen LogP contribution >= 0.6 is 0 Å². The lowest BCUT2D eigenvalue weighted by atomic mass is 10.2. The maximum atomic E-state index is 10.2. The van der Waals surface area contributed by atoms with E-state index in [-0.39, 0.29) is 0 Å². The average molecular weight is 220 g/mol. The van der Waals surface area contributed by atoms with Gasteiger partial charge in [0.25, 0.3) is 0 Å². The monoisotopic (exact) mass is 220 g/mol. The molecule has 2 heterocycles. The number of rotatable bonds is 4. The number of hydrogen-bond donors (Lipinski definition) is 1.